The number of rotatable bonds is 6. The molecule has 0 radical (unpaired) electrons. The van der Waals surface area contributed by atoms with Gasteiger partial charge in [0, 0.05) is 0 Å². The molecule has 10 heteroatoms. The standard InChI is InChI=1S/C13H12N6O2SSe/c1-21-9-4-2-3-8(5-9)11-12(23-19-17-11)22-6-10(20)16-13-14-7-15-18-13/h2-5,7H,6H2,1H3,(H2,14,15,16,18,20). The first-order chi connectivity index (χ1) is 11.3. The molecule has 0 aliphatic carbocycles. The SMILES string of the molecule is COc1cccc(-c2nn[se]c2SCC(=O)Nc2ncn[nH]2)c1. The van der Waals surface area contributed by atoms with Crippen LogP contribution in [0.1, 0.15) is 0 Å². The molecule has 23 heavy (non-hydrogen) atoms. The molecule has 8 nitrogen and oxygen atoms in total. The molecule has 0 atom stereocenters. The second kappa shape index (κ2) is 7.40. The molecular weight excluding hydrogens is 383 g/mol. The molecule has 0 fully saturated rings. The van der Waals surface area contributed by atoms with Crippen LogP contribution in [0.5, 0.6) is 5.75 Å². The van der Waals surface area contributed by atoms with Crippen molar-refractivity contribution in [3.8, 4) is 17.0 Å². The van der Waals surface area contributed by atoms with Crippen LogP contribution in [-0.4, -0.2) is 57.9 Å². The molecule has 118 valence electrons. The monoisotopic (exact) mass is 396 g/mol. The zero-order chi connectivity index (χ0) is 16.1. The van der Waals surface area contributed by atoms with Gasteiger partial charge in [0.2, 0.25) is 0 Å². The number of aromatic nitrogens is 5. The molecule has 2 N–H and O–H groups in total. The molecule has 0 saturated heterocycles. The van der Waals surface area contributed by atoms with Gasteiger partial charge in [-0.05, 0) is 0 Å². The Bertz CT molecular complexity index is 791. The number of hydrogen-bond donors (Lipinski definition) is 2. The Morgan fingerprint density at radius 1 is 1.48 bits per heavy atom. The van der Waals surface area contributed by atoms with Gasteiger partial charge in [0.05, 0.1) is 0 Å². The number of H-pyrrole nitrogens is 1. The zero-order valence-electron chi connectivity index (χ0n) is 12.0. The Hall–Kier alpha value is -2.16. The molecule has 1 amide bonds. The van der Waals surface area contributed by atoms with Gasteiger partial charge in [0.25, 0.3) is 0 Å². The number of nitrogens with one attached hydrogen (secondary N) is 2. The molecule has 0 spiro atoms. The Morgan fingerprint density at radius 2 is 2.39 bits per heavy atom. The first kappa shape index (κ1) is 15.7. The van der Waals surface area contributed by atoms with Crippen molar-refractivity contribution in [2.45, 2.75) is 3.77 Å². The maximum absolute atomic E-state index is 11.9. The summed E-state index contributed by atoms with van der Waals surface area (Å²) in [5, 5.41) is 13.1. The van der Waals surface area contributed by atoms with Gasteiger partial charge in [0.1, 0.15) is 0 Å². The van der Waals surface area contributed by atoms with Gasteiger partial charge in [-0.2, -0.15) is 0 Å². The van der Waals surface area contributed by atoms with E-state index in [9.17, 15) is 4.79 Å². The summed E-state index contributed by atoms with van der Waals surface area (Å²) in [7, 11) is 1.62. The van der Waals surface area contributed by atoms with Crippen molar-refractivity contribution in [3.63, 3.8) is 0 Å². The van der Waals surface area contributed by atoms with Crippen LogP contribution in [0.4, 0.5) is 5.95 Å². The maximum atomic E-state index is 11.9. The molecular formula is C13H12N6O2SSe. The second-order valence-corrected chi connectivity index (χ2v) is 7.46. The average Bonchev–Trinajstić information content (AvgIpc) is 3.24. The Labute approximate surface area is 142 Å². The fraction of sp³-hybridized carbons (Fsp3) is 0.154. The van der Waals surface area contributed by atoms with E-state index in [1.165, 1.54) is 18.1 Å². The summed E-state index contributed by atoms with van der Waals surface area (Å²) >= 11 is 1.33. The van der Waals surface area contributed by atoms with Crippen LogP contribution in [0.3, 0.4) is 0 Å². The first-order valence-corrected chi connectivity index (χ1v) is 9.12. The van der Waals surface area contributed by atoms with Gasteiger partial charge < -0.3 is 0 Å². The van der Waals surface area contributed by atoms with Crippen molar-refractivity contribution in [1.82, 2.24) is 24.4 Å². The van der Waals surface area contributed by atoms with Crippen LogP contribution in [0.15, 0.2) is 34.4 Å². The summed E-state index contributed by atoms with van der Waals surface area (Å²) in [4.78, 5) is 15.7. The van der Waals surface area contributed by atoms with Gasteiger partial charge in [-0.25, -0.2) is 0 Å². The van der Waals surface area contributed by atoms with Crippen LogP contribution in [0.25, 0.3) is 11.3 Å². The zero-order valence-corrected chi connectivity index (χ0v) is 14.5. The molecule has 0 aliphatic rings. The number of carbonyl (C=O) groups excluding carboxylic acids is 1. The topological polar surface area (TPSA) is 106 Å². The third-order valence-electron chi connectivity index (χ3n) is 2.81. The number of amides is 1. The van der Waals surface area contributed by atoms with Crippen molar-refractivity contribution < 1.29 is 9.53 Å². The summed E-state index contributed by atoms with van der Waals surface area (Å²) in [6.07, 6.45) is 1.34. The van der Waals surface area contributed by atoms with Crippen molar-refractivity contribution in [3.05, 3.63) is 30.6 Å². The van der Waals surface area contributed by atoms with E-state index >= 15 is 0 Å². The number of thioether (sulfide) groups is 1. The van der Waals surface area contributed by atoms with Gasteiger partial charge in [-0.15, -0.1) is 0 Å². The third kappa shape index (κ3) is 3.98. The number of nitrogens with zero attached hydrogens (tertiary/aromatic N) is 4. The number of benzene rings is 1. The molecule has 3 aromatic rings. The summed E-state index contributed by atoms with van der Waals surface area (Å²) in [6.45, 7) is 0. The van der Waals surface area contributed by atoms with Crippen molar-refractivity contribution in [1.29, 1.82) is 0 Å². The van der Waals surface area contributed by atoms with Gasteiger partial charge in [-0.3, -0.25) is 0 Å². The number of ether oxygens (including phenoxy) is 1. The first-order valence-electron chi connectivity index (χ1n) is 6.51. The van der Waals surface area contributed by atoms with Gasteiger partial charge >= 0.3 is 142 Å². The minimum absolute atomic E-state index is 0.102. The predicted molar refractivity (Wildman–Crippen MR) is 86.7 cm³/mol. The molecule has 2 heterocycles. The number of hydrogen-bond acceptors (Lipinski definition) is 7. The number of anilines is 1. The van der Waals surface area contributed by atoms with E-state index in [0.717, 1.165) is 20.8 Å². The number of carbonyl (C=O) groups is 1. The van der Waals surface area contributed by atoms with Crippen LogP contribution < -0.4 is 10.1 Å². The van der Waals surface area contributed by atoms with Crippen LogP contribution >= 0.6 is 11.8 Å². The van der Waals surface area contributed by atoms with Crippen LogP contribution in [0, 0.1) is 0 Å². The molecule has 0 aliphatic heterocycles. The van der Waals surface area contributed by atoms with Gasteiger partial charge in [-0.1, -0.05) is 0 Å². The van der Waals surface area contributed by atoms with Crippen molar-refractivity contribution in [2.75, 3.05) is 18.2 Å². The summed E-state index contributed by atoms with van der Waals surface area (Å²) in [6, 6.07) is 7.64. The normalized spacial score (nSPS) is 10.5. The molecule has 3 rings (SSSR count). The third-order valence-corrected chi connectivity index (χ3v) is 5.90. The van der Waals surface area contributed by atoms with Crippen molar-refractivity contribution in [2.24, 2.45) is 0 Å². The van der Waals surface area contributed by atoms with Crippen LogP contribution in [-0.2, 0) is 4.79 Å². The van der Waals surface area contributed by atoms with E-state index in [1.807, 2.05) is 24.3 Å². The molecule has 0 unspecified atom stereocenters. The molecule has 0 saturated carbocycles. The Morgan fingerprint density at radius 3 is 3.17 bits per heavy atom. The van der Waals surface area contributed by atoms with Crippen LogP contribution in [0.2, 0.25) is 0 Å². The Kier molecular flexibility index (Phi) is 5.06. The van der Waals surface area contributed by atoms with E-state index in [2.05, 4.69) is 29.7 Å². The number of aromatic amines is 1. The predicted octanol–water partition coefficient (Wildman–Crippen LogP) is 1.06. The molecule has 2 aromatic heterocycles. The Balaban J connectivity index is 1.67. The molecule has 1 aromatic carbocycles. The quantitative estimate of drug-likeness (QED) is 0.475. The fourth-order valence-corrected chi connectivity index (χ4v) is 4.27. The van der Waals surface area contributed by atoms with E-state index in [4.69, 9.17) is 4.74 Å². The number of methoxy groups -OCH3 is 1. The average molecular weight is 395 g/mol. The summed E-state index contributed by atoms with van der Waals surface area (Å²) < 4.78 is 10.4. The summed E-state index contributed by atoms with van der Waals surface area (Å²) in [5.74, 6) is 1.20. The van der Waals surface area contributed by atoms with E-state index in [0.29, 0.717) is 5.95 Å². The fourth-order valence-electron chi connectivity index (χ4n) is 1.79. The molecule has 0 bridgehead atoms. The summed E-state index contributed by atoms with van der Waals surface area (Å²) in [5.41, 5.74) is 1.74. The second-order valence-electron chi connectivity index (χ2n) is 4.31. The minimum atomic E-state index is -0.160. The van der Waals surface area contributed by atoms with E-state index in [-0.39, 0.29) is 26.4 Å². The van der Waals surface area contributed by atoms with Gasteiger partial charge in [0.15, 0.2) is 0 Å². The van der Waals surface area contributed by atoms with E-state index < -0.39 is 0 Å². The van der Waals surface area contributed by atoms with Crippen molar-refractivity contribution >= 4 is 38.4 Å². The van der Waals surface area contributed by atoms with E-state index in [1.54, 1.807) is 7.11 Å².